The second-order valence-corrected chi connectivity index (χ2v) is 10.8. The van der Waals surface area contributed by atoms with Crippen LogP contribution in [0.4, 0.5) is 0 Å². The van der Waals surface area contributed by atoms with E-state index in [0.29, 0.717) is 18.1 Å². The zero-order chi connectivity index (χ0) is 23.4. The molecule has 0 radical (unpaired) electrons. The Balaban J connectivity index is 1.25. The maximum absolute atomic E-state index is 12.8. The van der Waals surface area contributed by atoms with Gasteiger partial charge in [0.1, 0.15) is 0 Å². The molecule has 0 saturated carbocycles. The van der Waals surface area contributed by atoms with Crippen molar-refractivity contribution in [1.82, 2.24) is 14.5 Å². The number of sulfonamides is 1. The van der Waals surface area contributed by atoms with Crippen molar-refractivity contribution < 1.29 is 18.0 Å². The smallest absolute Gasteiger partial charge is 0.243 e. The minimum Gasteiger partial charge on any atom is -0.349 e. The topological polar surface area (TPSA) is 86.8 Å². The Hall–Kier alpha value is -2.42. The fourth-order valence-corrected chi connectivity index (χ4v) is 6.03. The van der Waals surface area contributed by atoms with Crippen molar-refractivity contribution in [1.29, 1.82) is 0 Å². The van der Waals surface area contributed by atoms with Crippen LogP contribution in [-0.2, 0) is 26.0 Å². The van der Waals surface area contributed by atoms with E-state index in [1.165, 1.54) is 27.6 Å². The van der Waals surface area contributed by atoms with Crippen LogP contribution in [0.2, 0.25) is 5.02 Å². The van der Waals surface area contributed by atoms with Crippen LogP contribution in [0.5, 0.6) is 0 Å². The molecule has 2 amide bonds. The number of carbonyl (C=O) groups excluding carboxylic acids is 2. The van der Waals surface area contributed by atoms with E-state index < -0.39 is 10.0 Å². The highest BCUT2D eigenvalue weighted by molar-refractivity contribution is 7.89. The summed E-state index contributed by atoms with van der Waals surface area (Å²) in [5.41, 5.74) is 2.44. The fraction of sp³-hybridized carbons (Fsp3) is 0.417. The molecule has 33 heavy (non-hydrogen) atoms. The number of nitrogens with one attached hydrogen (secondary N) is 1. The average molecular weight is 490 g/mol. The molecule has 1 N–H and O–H groups in total. The van der Waals surface area contributed by atoms with E-state index in [4.69, 9.17) is 11.6 Å². The summed E-state index contributed by atoms with van der Waals surface area (Å²) in [6, 6.07) is 14.2. The Labute approximate surface area is 199 Å². The Morgan fingerprint density at radius 2 is 1.67 bits per heavy atom. The lowest BCUT2D eigenvalue weighted by molar-refractivity contribution is -0.134. The van der Waals surface area contributed by atoms with Gasteiger partial charge in [-0.05, 0) is 54.7 Å². The van der Waals surface area contributed by atoms with E-state index in [1.807, 2.05) is 12.1 Å². The average Bonchev–Trinajstić information content (AvgIpc) is 2.83. The maximum Gasteiger partial charge on any atom is 0.243 e. The molecule has 1 heterocycles. The third-order valence-electron chi connectivity index (χ3n) is 6.31. The van der Waals surface area contributed by atoms with Gasteiger partial charge >= 0.3 is 0 Å². The maximum atomic E-state index is 12.8. The summed E-state index contributed by atoms with van der Waals surface area (Å²) >= 11 is 5.85. The van der Waals surface area contributed by atoms with E-state index in [0.717, 1.165) is 19.3 Å². The number of amides is 2. The molecule has 9 heteroatoms. The number of fused-ring (bicyclic) bond motifs is 1. The molecule has 2 aromatic rings. The molecular weight excluding hydrogens is 462 g/mol. The van der Waals surface area contributed by atoms with Gasteiger partial charge in [-0.1, -0.05) is 35.9 Å². The van der Waals surface area contributed by atoms with Crippen molar-refractivity contribution >= 4 is 33.4 Å². The van der Waals surface area contributed by atoms with Crippen LogP contribution >= 0.6 is 11.6 Å². The Kier molecular flexibility index (Phi) is 7.36. The Morgan fingerprint density at radius 1 is 0.970 bits per heavy atom. The van der Waals surface area contributed by atoms with Crippen LogP contribution in [0, 0.1) is 0 Å². The third-order valence-corrected chi connectivity index (χ3v) is 8.48. The fourth-order valence-electron chi connectivity index (χ4n) is 4.48. The number of nitrogens with zero attached hydrogens (tertiary/aromatic N) is 2. The summed E-state index contributed by atoms with van der Waals surface area (Å²) in [4.78, 5) is 26.9. The first-order valence-electron chi connectivity index (χ1n) is 11.3. The van der Waals surface area contributed by atoms with Gasteiger partial charge in [0.2, 0.25) is 21.8 Å². The number of piperazine rings is 1. The molecule has 1 fully saturated rings. The molecule has 1 saturated heterocycles. The lowest BCUT2D eigenvalue weighted by Crippen LogP contribution is -2.50. The van der Waals surface area contributed by atoms with Crippen molar-refractivity contribution in [2.45, 2.75) is 43.0 Å². The zero-order valence-electron chi connectivity index (χ0n) is 18.4. The molecule has 0 bridgehead atoms. The monoisotopic (exact) mass is 489 g/mol. The van der Waals surface area contributed by atoms with Gasteiger partial charge in [-0.25, -0.2) is 8.42 Å². The number of rotatable bonds is 6. The molecule has 2 aliphatic rings. The molecule has 1 atom stereocenters. The lowest BCUT2D eigenvalue weighted by atomic mass is 9.87. The SMILES string of the molecule is O=C(CCC(=O)N1CCN(S(=O)(=O)c2ccc(Cl)cc2)CC1)N[C@H]1CCCc2ccccc21. The summed E-state index contributed by atoms with van der Waals surface area (Å²) in [7, 11) is -3.62. The zero-order valence-corrected chi connectivity index (χ0v) is 19.9. The molecule has 1 aliphatic heterocycles. The number of aryl methyl sites for hydroxylation is 1. The van der Waals surface area contributed by atoms with Crippen molar-refractivity contribution in [3.63, 3.8) is 0 Å². The van der Waals surface area contributed by atoms with E-state index in [2.05, 4.69) is 17.4 Å². The summed E-state index contributed by atoms with van der Waals surface area (Å²) in [6.07, 6.45) is 3.20. The van der Waals surface area contributed by atoms with Gasteiger partial charge < -0.3 is 10.2 Å². The highest BCUT2D eigenvalue weighted by Crippen LogP contribution is 2.29. The van der Waals surface area contributed by atoms with Gasteiger partial charge in [-0.15, -0.1) is 0 Å². The summed E-state index contributed by atoms with van der Waals surface area (Å²) in [6.45, 7) is 1.07. The number of hydrogen-bond donors (Lipinski definition) is 1. The van der Waals surface area contributed by atoms with E-state index >= 15 is 0 Å². The van der Waals surface area contributed by atoms with Crippen LogP contribution < -0.4 is 5.32 Å². The van der Waals surface area contributed by atoms with Gasteiger partial charge in [-0.2, -0.15) is 4.31 Å². The van der Waals surface area contributed by atoms with Crippen molar-refractivity contribution in [3.05, 3.63) is 64.7 Å². The quantitative estimate of drug-likeness (QED) is 0.675. The molecule has 1 aliphatic carbocycles. The highest BCUT2D eigenvalue weighted by atomic mass is 35.5. The molecule has 0 spiro atoms. The number of benzene rings is 2. The molecule has 7 nitrogen and oxygen atoms in total. The van der Waals surface area contributed by atoms with Crippen LogP contribution in [0.3, 0.4) is 0 Å². The van der Waals surface area contributed by atoms with Gasteiger partial charge in [0.05, 0.1) is 10.9 Å². The van der Waals surface area contributed by atoms with E-state index in [1.54, 1.807) is 17.0 Å². The van der Waals surface area contributed by atoms with E-state index in [-0.39, 0.29) is 48.7 Å². The van der Waals surface area contributed by atoms with Crippen LogP contribution in [0.1, 0.15) is 42.9 Å². The number of halogens is 1. The molecule has 0 aromatic heterocycles. The molecule has 2 aromatic carbocycles. The predicted molar refractivity (Wildman–Crippen MR) is 126 cm³/mol. The first-order valence-corrected chi connectivity index (χ1v) is 13.1. The lowest BCUT2D eigenvalue weighted by Gasteiger charge is -2.34. The highest BCUT2D eigenvalue weighted by Gasteiger charge is 2.30. The summed E-state index contributed by atoms with van der Waals surface area (Å²) in [5, 5.41) is 3.55. The van der Waals surface area contributed by atoms with Gasteiger partial charge in [0.25, 0.3) is 0 Å². The van der Waals surface area contributed by atoms with Crippen LogP contribution in [0.15, 0.2) is 53.4 Å². The van der Waals surface area contributed by atoms with Gasteiger partial charge in [-0.3, -0.25) is 9.59 Å². The normalized spacial score (nSPS) is 19.1. The summed E-state index contributed by atoms with van der Waals surface area (Å²) < 4.78 is 27.0. The molecule has 4 rings (SSSR count). The first-order chi connectivity index (χ1) is 15.8. The molecular formula is C24H28ClN3O4S. The second kappa shape index (κ2) is 10.2. The van der Waals surface area contributed by atoms with Crippen molar-refractivity contribution in [2.75, 3.05) is 26.2 Å². The van der Waals surface area contributed by atoms with Crippen LogP contribution in [0.25, 0.3) is 0 Å². The molecule has 176 valence electrons. The van der Waals surface area contributed by atoms with Crippen LogP contribution in [-0.4, -0.2) is 55.6 Å². The third kappa shape index (κ3) is 5.57. The number of hydrogen-bond acceptors (Lipinski definition) is 4. The minimum absolute atomic E-state index is 0.000767. The Morgan fingerprint density at radius 3 is 2.39 bits per heavy atom. The largest absolute Gasteiger partial charge is 0.349 e. The second-order valence-electron chi connectivity index (χ2n) is 8.45. The predicted octanol–water partition coefficient (Wildman–Crippen LogP) is 3.15. The van der Waals surface area contributed by atoms with E-state index in [9.17, 15) is 18.0 Å². The summed E-state index contributed by atoms with van der Waals surface area (Å²) in [5.74, 6) is -0.258. The van der Waals surface area contributed by atoms with Gasteiger partial charge in [0, 0.05) is 44.0 Å². The molecule has 0 unspecified atom stereocenters. The van der Waals surface area contributed by atoms with Crippen molar-refractivity contribution in [3.8, 4) is 0 Å². The van der Waals surface area contributed by atoms with Crippen molar-refractivity contribution in [2.24, 2.45) is 0 Å². The Bertz CT molecular complexity index is 1110. The standard InChI is InChI=1S/C24H28ClN3O4S/c25-19-8-10-20(11-9-19)33(31,32)28-16-14-27(15-17-28)24(30)13-12-23(29)26-22-7-3-5-18-4-1-2-6-21(18)22/h1-2,4,6,8-11,22H,3,5,7,12-17H2,(H,26,29)/t22-/m0/s1. The first kappa shape index (κ1) is 23.7. The minimum atomic E-state index is -3.62. The van der Waals surface area contributed by atoms with Gasteiger partial charge in [0.15, 0.2) is 0 Å². The number of carbonyl (C=O) groups is 2.